The minimum Gasteiger partial charge on any atom is -0.460 e. The number of unbranched alkanes of at least 4 members (excludes halogenated alkanes) is 2. The third-order valence-corrected chi connectivity index (χ3v) is 3.22. The molecule has 1 rings (SSSR count). The molecule has 0 saturated heterocycles. The molecule has 4 heteroatoms. The van der Waals surface area contributed by atoms with Gasteiger partial charge in [0, 0.05) is 24.9 Å². The monoisotopic (exact) mass is 305 g/mol. The first-order chi connectivity index (χ1) is 10.3. The van der Waals surface area contributed by atoms with E-state index in [1.807, 2.05) is 45.0 Å². The van der Waals surface area contributed by atoms with Crippen LogP contribution in [0.1, 0.15) is 68.8 Å². The van der Waals surface area contributed by atoms with Gasteiger partial charge in [0.2, 0.25) is 0 Å². The van der Waals surface area contributed by atoms with Crippen LogP contribution in [0.5, 0.6) is 0 Å². The zero-order valence-electron chi connectivity index (χ0n) is 13.9. The second-order valence-corrected chi connectivity index (χ2v) is 6.47. The van der Waals surface area contributed by atoms with Crippen LogP contribution in [0.15, 0.2) is 24.3 Å². The van der Waals surface area contributed by atoms with Gasteiger partial charge in [-0.3, -0.25) is 9.59 Å². The molecular weight excluding hydrogens is 278 g/mol. The van der Waals surface area contributed by atoms with E-state index in [0.717, 1.165) is 30.4 Å². The zero-order chi connectivity index (χ0) is 16.6. The highest BCUT2D eigenvalue weighted by Gasteiger charge is 2.15. The van der Waals surface area contributed by atoms with E-state index in [2.05, 4.69) is 0 Å². The Morgan fingerprint density at radius 3 is 2.14 bits per heavy atom. The van der Waals surface area contributed by atoms with Crippen molar-refractivity contribution in [1.29, 1.82) is 0 Å². The molecule has 122 valence electrons. The quantitative estimate of drug-likeness (QED) is 0.452. The number of carbonyl (C=O) groups is 2. The minimum atomic E-state index is -0.428. The van der Waals surface area contributed by atoms with Gasteiger partial charge in [0.05, 0.1) is 0 Å². The van der Waals surface area contributed by atoms with Gasteiger partial charge in [0.1, 0.15) is 5.60 Å². The van der Waals surface area contributed by atoms with E-state index in [9.17, 15) is 9.59 Å². The van der Waals surface area contributed by atoms with Crippen LogP contribution in [0.4, 0.5) is 0 Å². The normalized spacial score (nSPS) is 11.3. The number of rotatable bonds is 8. The smallest absolute Gasteiger partial charge is 0.306 e. The molecule has 0 heterocycles. The summed E-state index contributed by atoms with van der Waals surface area (Å²) < 4.78 is 5.24. The van der Waals surface area contributed by atoms with Crippen molar-refractivity contribution >= 4 is 11.8 Å². The Morgan fingerprint density at radius 1 is 1.00 bits per heavy atom. The largest absolute Gasteiger partial charge is 0.460 e. The van der Waals surface area contributed by atoms with Crippen LogP contribution in [0.2, 0.25) is 0 Å². The van der Waals surface area contributed by atoms with E-state index in [1.54, 1.807) is 0 Å². The maximum Gasteiger partial charge on any atom is 0.306 e. The number of hydrogen-bond donors (Lipinski definition) is 1. The first-order valence-corrected chi connectivity index (χ1v) is 7.86. The van der Waals surface area contributed by atoms with Gasteiger partial charge in [-0.25, -0.2) is 0 Å². The van der Waals surface area contributed by atoms with Crippen molar-refractivity contribution in [2.24, 2.45) is 5.73 Å². The number of ketones is 1. The van der Waals surface area contributed by atoms with Crippen molar-refractivity contribution in [2.75, 3.05) is 0 Å². The summed E-state index contributed by atoms with van der Waals surface area (Å²) in [5.41, 5.74) is 6.85. The average Bonchev–Trinajstić information content (AvgIpc) is 2.45. The number of carbonyl (C=O) groups excluding carboxylic acids is 2. The fraction of sp³-hybridized carbons (Fsp3) is 0.556. The van der Waals surface area contributed by atoms with Gasteiger partial charge in [-0.05, 0) is 39.2 Å². The highest BCUT2D eigenvalue weighted by molar-refractivity contribution is 5.96. The molecule has 2 N–H and O–H groups in total. The first-order valence-electron chi connectivity index (χ1n) is 7.86. The Balaban J connectivity index is 2.21. The van der Waals surface area contributed by atoms with Crippen LogP contribution in [-0.4, -0.2) is 17.4 Å². The van der Waals surface area contributed by atoms with E-state index in [4.69, 9.17) is 10.5 Å². The molecule has 0 aromatic heterocycles. The SMILES string of the molecule is CC(C)(C)OC(=O)CCCCCC(=O)c1ccc(CN)cc1. The Kier molecular flexibility index (Phi) is 7.25. The van der Waals surface area contributed by atoms with E-state index >= 15 is 0 Å². The molecule has 4 nitrogen and oxygen atoms in total. The molecular formula is C18H27NO3. The predicted octanol–water partition coefficient (Wildman–Crippen LogP) is 3.62. The highest BCUT2D eigenvalue weighted by atomic mass is 16.6. The van der Waals surface area contributed by atoms with Gasteiger partial charge in [-0.1, -0.05) is 30.7 Å². The summed E-state index contributed by atoms with van der Waals surface area (Å²) in [4.78, 5) is 23.5. The lowest BCUT2D eigenvalue weighted by Crippen LogP contribution is -2.23. The number of nitrogens with two attached hydrogens (primary N) is 1. The predicted molar refractivity (Wildman–Crippen MR) is 87.6 cm³/mol. The maximum atomic E-state index is 12.0. The van der Waals surface area contributed by atoms with Gasteiger partial charge in [0.25, 0.3) is 0 Å². The summed E-state index contributed by atoms with van der Waals surface area (Å²) in [6, 6.07) is 7.42. The van der Waals surface area contributed by atoms with Gasteiger partial charge in [-0.2, -0.15) is 0 Å². The highest BCUT2D eigenvalue weighted by Crippen LogP contribution is 2.13. The van der Waals surface area contributed by atoms with E-state index in [0.29, 0.717) is 19.4 Å². The fourth-order valence-electron chi connectivity index (χ4n) is 2.10. The van der Waals surface area contributed by atoms with Crippen molar-refractivity contribution in [3.63, 3.8) is 0 Å². The van der Waals surface area contributed by atoms with E-state index < -0.39 is 5.60 Å². The number of Topliss-reactive ketones (excluding diaryl/α,β-unsaturated/α-hetero) is 1. The lowest BCUT2D eigenvalue weighted by atomic mass is 10.0. The standard InChI is InChI=1S/C18H27NO3/c1-18(2,3)22-17(21)8-6-4-5-7-16(20)15-11-9-14(13-19)10-12-15/h9-12H,4-8,13,19H2,1-3H3. The Morgan fingerprint density at radius 2 is 1.59 bits per heavy atom. The van der Waals surface area contributed by atoms with E-state index in [-0.39, 0.29) is 11.8 Å². The van der Waals surface area contributed by atoms with Gasteiger partial charge in [-0.15, -0.1) is 0 Å². The molecule has 1 aromatic carbocycles. The molecule has 0 bridgehead atoms. The molecule has 22 heavy (non-hydrogen) atoms. The van der Waals surface area contributed by atoms with Crippen LogP contribution in [0.25, 0.3) is 0 Å². The van der Waals surface area contributed by atoms with Crippen LogP contribution in [0.3, 0.4) is 0 Å². The maximum absolute atomic E-state index is 12.0. The summed E-state index contributed by atoms with van der Waals surface area (Å²) in [6.45, 7) is 6.07. The molecule has 1 aromatic rings. The van der Waals surface area contributed by atoms with Crippen LogP contribution in [0, 0.1) is 0 Å². The molecule has 0 unspecified atom stereocenters. The van der Waals surface area contributed by atoms with Gasteiger partial charge in [0.15, 0.2) is 5.78 Å². The third-order valence-electron chi connectivity index (χ3n) is 3.22. The minimum absolute atomic E-state index is 0.140. The summed E-state index contributed by atoms with van der Waals surface area (Å²) in [7, 11) is 0. The van der Waals surface area contributed by atoms with Crippen molar-refractivity contribution in [3.05, 3.63) is 35.4 Å². The van der Waals surface area contributed by atoms with Crippen LogP contribution >= 0.6 is 0 Å². The average molecular weight is 305 g/mol. The van der Waals surface area contributed by atoms with Crippen LogP contribution in [-0.2, 0) is 16.1 Å². The topological polar surface area (TPSA) is 69.4 Å². The number of ether oxygens (including phenoxy) is 1. The Labute approximate surface area is 133 Å². The summed E-state index contributed by atoms with van der Waals surface area (Å²) in [6.07, 6.45) is 3.33. The number of benzene rings is 1. The molecule has 0 spiro atoms. The van der Waals surface area contributed by atoms with Gasteiger partial charge < -0.3 is 10.5 Å². The van der Waals surface area contributed by atoms with Crippen molar-refractivity contribution in [3.8, 4) is 0 Å². The van der Waals surface area contributed by atoms with Crippen molar-refractivity contribution < 1.29 is 14.3 Å². The lowest BCUT2D eigenvalue weighted by Gasteiger charge is -2.19. The zero-order valence-corrected chi connectivity index (χ0v) is 13.9. The van der Waals surface area contributed by atoms with Crippen LogP contribution < -0.4 is 5.73 Å². The summed E-state index contributed by atoms with van der Waals surface area (Å²) in [5.74, 6) is -0.0305. The first kappa shape index (κ1) is 18.4. The molecule has 0 fully saturated rings. The second kappa shape index (κ2) is 8.69. The number of esters is 1. The molecule has 0 radical (unpaired) electrons. The molecule has 0 amide bonds. The van der Waals surface area contributed by atoms with Gasteiger partial charge >= 0.3 is 5.97 Å². The second-order valence-electron chi connectivity index (χ2n) is 6.47. The molecule has 0 aliphatic rings. The molecule has 0 atom stereocenters. The molecule has 0 saturated carbocycles. The Bertz CT molecular complexity index is 486. The fourth-order valence-corrected chi connectivity index (χ4v) is 2.10. The van der Waals surface area contributed by atoms with E-state index in [1.165, 1.54) is 0 Å². The third kappa shape index (κ3) is 7.36. The Hall–Kier alpha value is -1.68. The number of hydrogen-bond acceptors (Lipinski definition) is 4. The molecule has 0 aliphatic carbocycles. The molecule has 0 aliphatic heterocycles. The van der Waals surface area contributed by atoms with Crippen molar-refractivity contribution in [2.45, 2.75) is 65.0 Å². The van der Waals surface area contributed by atoms with Crippen molar-refractivity contribution in [1.82, 2.24) is 0 Å². The summed E-state index contributed by atoms with van der Waals surface area (Å²) in [5, 5.41) is 0. The lowest BCUT2D eigenvalue weighted by molar-refractivity contribution is -0.154. The summed E-state index contributed by atoms with van der Waals surface area (Å²) >= 11 is 0.